The van der Waals surface area contributed by atoms with Gasteiger partial charge >= 0.3 is 0 Å². The van der Waals surface area contributed by atoms with Gasteiger partial charge in [0.1, 0.15) is 17.1 Å². The average molecular weight is 555 g/mol. The second-order valence-electron chi connectivity index (χ2n) is 10.0. The number of nitrogens with one attached hydrogen (secondary N) is 1. The van der Waals surface area contributed by atoms with Gasteiger partial charge in [-0.1, -0.05) is 53.4 Å². The third-order valence-corrected chi connectivity index (χ3v) is 7.15. The first-order chi connectivity index (χ1) is 18.7. The highest BCUT2D eigenvalue weighted by molar-refractivity contribution is 7.92. The number of aliphatic imine (C=N–C) groups is 1. The van der Waals surface area contributed by atoms with Crippen LogP contribution in [0.4, 0.5) is 5.69 Å². The Bertz CT molecular complexity index is 1370. The number of anilines is 1. The SMILES string of the molecule is CCCCc1oc2ccc(NS(C)(=O)=O)cc2c1C(=O)c1ccc(OC(CC)=NC(CCC)CCCC)cc1. The van der Waals surface area contributed by atoms with E-state index in [1.54, 1.807) is 42.5 Å². The van der Waals surface area contributed by atoms with Crippen LogP contribution in [0.1, 0.15) is 101 Å². The third-order valence-electron chi connectivity index (χ3n) is 6.54. The number of hydrogen-bond donors (Lipinski definition) is 1. The lowest BCUT2D eigenvalue weighted by atomic mass is 9.98. The normalized spacial score (nSPS) is 13.0. The number of nitrogens with zero attached hydrogens (tertiary/aromatic N) is 1. The minimum atomic E-state index is -3.46. The molecule has 212 valence electrons. The van der Waals surface area contributed by atoms with Crippen molar-refractivity contribution in [2.24, 2.45) is 4.99 Å². The van der Waals surface area contributed by atoms with Gasteiger partial charge in [-0.3, -0.25) is 14.5 Å². The summed E-state index contributed by atoms with van der Waals surface area (Å²) in [4.78, 5) is 18.6. The number of hydrogen-bond acceptors (Lipinski definition) is 6. The van der Waals surface area contributed by atoms with Crippen LogP contribution in [0.25, 0.3) is 11.0 Å². The van der Waals surface area contributed by atoms with Crippen LogP contribution in [-0.4, -0.2) is 32.4 Å². The minimum Gasteiger partial charge on any atom is -0.460 e. The molecule has 3 rings (SSSR count). The number of sulfonamides is 1. The summed E-state index contributed by atoms with van der Waals surface area (Å²) in [5, 5.41) is 0.592. The number of rotatable bonds is 15. The zero-order chi connectivity index (χ0) is 28.4. The van der Waals surface area contributed by atoms with E-state index >= 15 is 0 Å². The molecule has 1 N–H and O–H groups in total. The topological polar surface area (TPSA) is 98.0 Å². The summed E-state index contributed by atoms with van der Waals surface area (Å²) in [6.07, 6.45) is 9.72. The largest absolute Gasteiger partial charge is 0.460 e. The molecule has 1 atom stereocenters. The second kappa shape index (κ2) is 14.3. The second-order valence-corrected chi connectivity index (χ2v) is 11.8. The van der Waals surface area contributed by atoms with Crippen LogP contribution in [0.15, 0.2) is 51.9 Å². The molecule has 0 aliphatic rings. The van der Waals surface area contributed by atoms with Gasteiger partial charge < -0.3 is 9.15 Å². The van der Waals surface area contributed by atoms with Crippen LogP contribution in [0, 0.1) is 0 Å². The first kappa shape index (κ1) is 30.4. The Labute approximate surface area is 233 Å². The number of fused-ring (bicyclic) bond motifs is 1. The molecule has 0 amide bonds. The lowest BCUT2D eigenvalue weighted by molar-refractivity contribution is 0.103. The molecule has 1 heterocycles. The smallest absolute Gasteiger partial charge is 0.229 e. The maximum absolute atomic E-state index is 13.7. The predicted octanol–water partition coefficient (Wildman–Crippen LogP) is 7.92. The summed E-state index contributed by atoms with van der Waals surface area (Å²) < 4.78 is 38.2. The highest BCUT2D eigenvalue weighted by atomic mass is 32.2. The van der Waals surface area contributed by atoms with Gasteiger partial charge in [-0.25, -0.2) is 8.42 Å². The number of benzene rings is 2. The number of ether oxygens (including phenoxy) is 1. The van der Waals surface area contributed by atoms with Gasteiger partial charge in [-0.05, 0) is 61.7 Å². The molecule has 3 aromatic rings. The molecule has 0 saturated heterocycles. The molecule has 7 nitrogen and oxygen atoms in total. The van der Waals surface area contributed by atoms with Gasteiger partial charge in [0.2, 0.25) is 10.0 Å². The summed E-state index contributed by atoms with van der Waals surface area (Å²) in [6.45, 7) is 8.49. The van der Waals surface area contributed by atoms with Crippen molar-refractivity contribution in [2.45, 2.75) is 91.5 Å². The number of furan rings is 1. The maximum atomic E-state index is 13.7. The fourth-order valence-electron chi connectivity index (χ4n) is 4.58. The van der Waals surface area contributed by atoms with Crippen molar-refractivity contribution < 1.29 is 22.4 Å². The van der Waals surface area contributed by atoms with E-state index in [1.165, 1.54) is 0 Å². The number of unbranched alkanes of at least 4 members (excludes halogenated alkanes) is 2. The van der Waals surface area contributed by atoms with E-state index in [0.29, 0.717) is 58.0 Å². The summed E-state index contributed by atoms with van der Waals surface area (Å²) in [6, 6.07) is 12.4. The minimum absolute atomic E-state index is 0.171. The molecule has 0 bridgehead atoms. The van der Waals surface area contributed by atoms with Crippen molar-refractivity contribution in [3.8, 4) is 5.75 Å². The van der Waals surface area contributed by atoms with Gasteiger partial charge in [0.05, 0.1) is 17.9 Å². The molecular weight excluding hydrogens is 512 g/mol. The highest BCUT2D eigenvalue weighted by Crippen LogP contribution is 2.32. The first-order valence-corrected chi connectivity index (χ1v) is 16.0. The molecule has 8 heteroatoms. The Kier molecular flexibility index (Phi) is 11.2. The van der Waals surface area contributed by atoms with E-state index < -0.39 is 10.0 Å². The highest BCUT2D eigenvalue weighted by Gasteiger charge is 2.23. The standard InChI is InChI=1S/C31H42N2O5S/c1-6-10-13-23(12-8-3)32-29(9-4)37-25-18-15-22(16-19-25)31(34)30-26-21-24(33-39(5,35)36)17-20-27(26)38-28(30)14-11-7-2/h15-21,23,33H,6-14H2,1-5H3. The van der Waals surface area contributed by atoms with Gasteiger partial charge in [0.15, 0.2) is 11.7 Å². The first-order valence-electron chi connectivity index (χ1n) is 14.1. The summed E-state index contributed by atoms with van der Waals surface area (Å²) >= 11 is 0. The quantitative estimate of drug-likeness (QED) is 0.117. The zero-order valence-electron chi connectivity index (χ0n) is 23.9. The van der Waals surface area contributed by atoms with E-state index in [-0.39, 0.29) is 11.8 Å². The van der Waals surface area contributed by atoms with Crippen LogP contribution < -0.4 is 9.46 Å². The van der Waals surface area contributed by atoms with Gasteiger partial charge in [-0.2, -0.15) is 0 Å². The van der Waals surface area contributed by atoms with Crippen LogP contribution >= 0.6 is 0 Å². The molecule has 0 spiro atoms. The van der Waals surface area contributed by atoms with Gasteiger partial charge in [-0.15, -0.1) is 0 Å². The van der Waals surface area contributed by atoms with E-state index in [0.717, 1.165) is 51.2 Å². The van der Waals surface area contributed by atoms with Crippen molar-refractivity contribution in [3.05, 3.63) is 59.4 Å². The number of aryl methyl sites for hydroxylation is 1. The summed E-state index contributed by atoms with van der Waals surface area (Å²) in [5.74, 6) is 1.79. The Morgan fingerprint density at radius 3 is 2.31 bits per heavy atom. The summed E-state index contributed by atoms with van der Waals surface area (Å²) in [7, 11) is -3.46. The fraction of sp³-hybridized carbons (Fsp3) is 0.484. The Hall–Kier alpha value is -3.13. The van der Waals surface area contributed by atoms with E-state index in [9.17, 15) is 13.2 Å². The Balaban J connectivity index is 1.89. The van der Waals surface area contributed by atoms with Crippen molar-refractivity contribution in [1.29, 1.82) is 0 Å². The van der Waals surface area contributed by atoms with Crippen molar-refractivity contribution in [2.75, 3.05) is 11.0 Å². The van der Waals surface area contributed by atoms with E-state index in [2.05, 4.69) is 25.5 Å². The molecule has 2 aromatic carbocycles. The van der Waals surface area contributed by atoms with Gasteiger partial charge in [0, 0.05) is 29.5 Å². The number of ketones is 1. The predicted molar refractivity (Wildman–Crippen MR) is 160 cm³/mol. The van der Waals surface area contributed by atoms with E-state index in [4.69, 9.17) is 14.1 Å². The van der Waals surface area contributed by atoms with Crippen molar-refractivity contribution in [3.63, 3.8) is 0 Å². The Morgan fingerprint density at radius 1 is 0.974 bits per heavy atom. The van der Waals surface area contributed by atoms with Crippen LogP contribution in [0.3, 0.4) is 0 Å². The molecule has 0 fully saturated rings. The zero-order valence-corrected chi connectivity index (χ0v) is 24.7. The van der Waals surface area contributed by atoms with Crippen LogP contribution in [0.5, 0.6) is 5.75 Å². The van der Waals surface area contributed by atoms with E-state index in [1.807, 2.05) is 6.92 Å². The van der Waals surface area contributed by atoms with Crippen LogP contribution in [0.2, 0.25) is 0 Å². The maximum Gasteiger partial charge on any atom is 0.229 e. The summed E-state index contributed by atoms with van der Waals surface area (Å²) in [5.41, 5.74) is 1.92. The van der Waals surface area contributed by atoms with Crippen molar-refractivity contribution in [1.82, 2.24) is 0 Å². The molecule has 1 unspecified atom stereocenters. The Morgan fingerprint density at radius 2 is 1.69 bits per heavy atom. The molecule has 39 heavy (non-hydrogen) atoms. The number of carbonyl (C=O) groups is 1. The van der Waals surface area contributed by atoms with Crippen LogP contribution in [-0.2, 0) is 16.4 Å². The molecule has 0 aliphatic heterocycles. The van der Waals surface area contributed by atoms with Gasteiger partial charge in [0.25, 0.3) is 0 Å². The van der Waals surface area contributed by atoms with Crippen molar-refractivity contribution >= 4 is 38.4 Å². The molecule has 1 aromatic heterocycles. The fourth-order valence-corrected chi connectivity index (χ4v) is 5.14. The monoisotopic (exact) mass is 554 g/mol. The lowest BCUT2D eigenvalue weighted by Crippen LogP contribution is -2.14. The molecular formula is C31H42N2O5S. The lowest BCUT2D eigenvalue weighted by Gasteiger charge is -2.14. The molecule has 0 radical (unpaired) electrons. The average Bonchev–Trinajstić information content (AvgIpc) is 3.26. The molecule has 0 aliphatic carbocycles. The third kappa shape index (κ3) is 8.68. The number of carbonyl (C=O) groups excluding carboxylic acids is 1. The molecule has 0 saturated carbocycles.